The molecule has 1 rings (SSSR count). The molecule has 14 heavy (non-hydrogen) atoms. The fourth-order valence-corrected chi connectivity index (χ4v) is 2.01. The molecule has 0 saturated carbocycles. The molecule has 0 nitrogen and oxygen atoms in total. The van der Waals surface area contributed by atoms with Crippen molar-refractivity contribution in [2.75, 3.05) is 5.33 Å². The first-order valence-electron chi connectivity index (χ1n) is 4.67. The van der Waals surface area contributed by atoms with Crippen LogP contribution in [0, 0.1) is 17.6 Å². The second-order valence-electron chi connectivity index (χ2n) is 3.35. The van der Waals surface area contributed by atoms with E-state index in [0.29, 0.717) is 17.9 Å². The summed E-state index contributed by atoms with van der Waals surface area (Å²) in [5.74, 6) is -1.09. The van der Waals surface area contributed by atoms with Crippen molar-refractivity contribution < 1.29 is 8.78 Å². The van der Waals surface area contributed by atoms with E-state index in [0.717, 1.165) is 17.8 Å². The molecule has 78 valence electrons. The summed E-state index contributed by atoms with van der Waals surface area (Å²) in [6, 6.07) is 4.34. The molecule has 0 spiro atoms. The van der Waals surface area contributed by atoms with Gasteiger partial charge < -0.3 is 0 Å². The Labute approximate surface area is 91.5 Å². The van der Waals surface area contributed by atoms with Crippen molar-refractivity contribution in [2.24, 2.45) is 5.92 Å². The maximum absolute atomic E-state index is 13.2. The SMILES string of the molecule is CCC(CBr)Cc1cccc(F)c1F. The van der Waals surface area contributed by atoms with Crippen molar-refractivity contribution in [1.29, 1.82) is 0 Å². The van der Waals surface area contributed by atoms with E-state index in [2.05, 4.69) is 15.9 Å². The zero-order valence-corrected chi connectivity index (χ0v) is 9.65. The molecule has 0 aliphatic heterocycles. The van der Waals surface area contributed by atoms with Gasteiger partial charge in [0.05, 0.1) is 0 Å². The van der Waals surface area contributed by atoms with Crippen LogP contribution in [-0.2, 0) is 6.42 Å². The largest absolute Gasteiger partial charge is 0.204 e. The zero-order chi connectivity index (χ0) is 10.6. The van der Waals surface area contributed by atoms with Gasteiger partial charge in [-0.1, -0.05) is 41.4 Å². The first-order valence-corrected chi connectivity index (χ1v) is 5.80. The van der Waals surface area contributed by atoms with Gasteiger partial charge in [0.15, 0.2) is 11.6 Å². The van der Waals surface area contributed by atoms with E-state index in [-0.39, 0.29) is 0 Å². The van der Waals surface area contributed by atoms with Gasteiger partial charge in [0.25, 0.3) is 0 Å². The Bertz CT molecular complexity index is 295. The Morgan fingerprint density at radius 3 is 2.64 bits per heavy atom. The maximum atomic E-state index is 13.2. The maximum Gasteiger partial charge on any atom is 0.162 e. The van der Waals surface area contributed by atoms with Gasteiger partial charge in [0, 0.05) is 5.33 Å². The fraction of sp³-hybridized carbons (Fsp3) is 0.455. The predicted octanol–water partition coefficient (Wildman–Crippen LogP) is 3.93. The molecular weight excluding hydrogens is 250 g/mol. The summed E-state index contributed by atoms with van der Waals surface area (Å²) in [6.45, 7) is 2.04. The highest BCUT2D eigenvalue weighted by molar-refractivity contribution is 9.09. The normalized spacial score (nSPS) is 12.9. The minimum atomic E-state index is -0.757. The average Bonchev–Trinajstić information content (AvgIpc) is 2.20. The van der Waals surface area contributed by atoms with Crippen LogP contribution in [0.2, 0.25) is 0 Å². The predicted molar refractivity (Wildman–Crippen MR) is 57.6 cm³/mol. The Morgan fingerprint density at radius 1 is 1.36 bits per heavy atom. The van der Waals surface area contributed by atoms with Gasteiger partial charge in [-0.2, -0.15) is 0 Å². The van der Waals surface area contributed by atoms with E-state index < -0.39 is 11.6 Å². The molecule has 1 aromatic carbocycles. The van der Waals surface area contributed by atoms with Crippen LogP contribution in [-0.4, -0.2) is 5.33 Å². The lowest BCUT2D eigenvalue weighted by Crippen LogP contribution is -2.06. The van der Waals surface area contributed by atoms with E-state index in [1.165, 1.54) is 0 Å². The quantitative estimate of drug-likeness (QED) is 0.722. The van der Waals surface area contributed by atoms with E-state index in [9.17, 15) is 8.78 Å². The molecule has 0 saturated heterocycles. The van der Waals surface area contributed by atoms with Crippen LogP contribution < -0.4 is 0 Å². The lowest BCUT2D eigenvalue weighted by molar-refractivity contribution is 0.482. The van der Waals surface area contributed by atoms with Crippen molar-refractivity contribution in [1.82, 2.24) is 0 Å². The molecule has 0 aliphatic carbocycles. The summed E-state index contributed by atoms with van der Waals surface area (Å²) in [6.07, 6.45) is 1.55. The molecule has 0 aromatic heterocycles. The number of alkyl halides is 1. The monoisotopic (exact) mass is 262 g/mol. The third-order valence-corrected chi connectivity index (χ3v) is 3.25. The van der Waals surface area contributed by atoms with Crippen LogP contribution >= 0.6 is 15.9 Å². The molecule has 1 atom stereocenters. The fourth-order valence-electron chi connectivity index (χ4n) is 1.33. The van der Waals surface area contributed by atoms with Gasteiger partial charge in [-0.05, 0) is 24.0 Å². The molecule has 0 fully saturated rings. The second kappa shape index (κ2) is 5.44. The van der Waals surface area contributed by atoms with Crippen LogP contribution in [0.1, 0.15) is 18.9 Å². The zero-order valence-electron chi connectivity index (χ0n) is 8.06. The standard InChI is InChI=1S/C11H13BrF2/c1-2-8(7-12)6-9-4-3-5-10(13)11(9)14/h3-5,8H,2,6-7H2,1H3. The Balaban J connectivity index is 2.80. The summed E-state index contributed by atoms with van der Waals surface area (Å²) < 4.78 is 26.1. The number of rotatable bonds is 4. The van der Waals surface area contributed by atoms with E-state index in [1.807, 2.05) is 6.92 Å². The van der Waals surface area contributed by atoms with Gasteiger partial charge >= 0.3 is 0 Å². The van der Waals surface area contributed by atoms with E-state index >= 15 is 0 Å². The Hall–Kier alpha value is -0.440. The van der Waals surface area contributed by atoms with E-state index in [1.54, 1.807) is 12.1 Å². The second-order valence-corrected chi connectivity index (χ2v) is 3.99. The van der Waals surface area contributed by atoms with Gasteiger partial charge in [-0.25, -0.2) is 8.78 Å². The Kier molecular flexibility index (Phi) is 4.52. The third kappa shape index (κ3) is 2.77. The first kappa shape index (κ1) is 11.6. The van der Waals surface area contributed by atoms with Crippen molar-refractivity contribution in [3.63, 3.8) is 0 Å². The number of halogens is 3. The molecule has 0 N–H and O–H groups in total. The molecule has 3 heteroatoms. The summed E-state index contributed by atoms with van der Waals surface area (Å²) >= 11 is 3.36. The Morgan fingerprint density at radius 2 is 2.07 bits per heavy atom. The summed E-state index contributed by atoms with van der Waals surface area (Å²) in [4.78, 5) is 0. The van der Waals surface area contributed by atoms with Gasteiger partial charge in [-0.15, -0.1) is 0 Å². The van der Waals surface area contributed by atoms with Crippen molar-refractivity contribution >= 4 is 15.9 Å². The average molecular weight is 263 g/mol. The van der Waals surface area contributed by atoms with E-state index in [4.69, 9.17) is 0 Å². The number of hydrogen-bond donors (Lipinski definition) is 0. The van der Waals surface area contributed by atoms with Crippen LogP contribution in [0.4, 0.5) is 8.78 Å². The topological polar surface area (TPSA) is 0 Å². The molecule has 1 unspecified atom stereocenters. The first-order chi connectivity index (χ1) is 6.69. The van der Waals surface area contributed by atoms with Gasteiger partial charge in [0.1, 0.15) is 0 Å². The molecular formula is C11H13BrF2. The molecule has 0 heterocycles. The molecule has 0 radical (unpaired) electrons. The molecule has 0 bridgehead atoms. The molecule has 0 aliphatic rings. The summed E-state index contributed by atoms with van der Waals surface area (Å²) in [5.41, 5.74) is 0.469. The summed E-state index contributed by atoms with van der Waals surface area (Å²) in [7, 11) is 0. The smallest absolute Gasteiger partial charge is 0.162 e. The summed E-state index contributed by atoms with van der Waals surface area (Å²) in [5, 5.41) is 0.819. The minimum absolute atomic E-state index is 0.367. The number of hydrogen-bond acceptors (Lipinski definition) is 0. The lowest BCUT2D eigenvalue weighted by Gasteiger charge is -2.11. The highest BCUT2D eigenvalue weighted by atomic mass is 79.9. The van der Waals surface area contributed by atoms with Crippen LogP contribution in [0.15, 0.2) is 18.2 Å². The van der Waals surface area contributed by atoms with Crippen LogP contribution in [0.5, 0.6) is 0 Å². The highest BCUT2D eigenvalue weighted by Crippen LogP contribution is 2.18. The van der Waals surface area contributed by atoms with Crippen molar-refractivity contribution in [3.05, 3.63) is 35.4 Å². The van der Waals surface area contributed by atoms with Gasteiger partial charge in [0.2, 0.25) is 0 Å². The molecule has 0 amide bonds. The van der Waals surface area contributed by atoms with Crippen LogP contribution in [0.3, 0.4) is 0 Å². The number of benzene rings is 1. The highest BCUT2D eigenvalue weighted by Gasteiger charge is 2.12. The van der Waals surface area contributed by atoms with Crippen LogP contribution in [0.25, 0.3) is 0 Å². The van der Waals surface area contributed by atoms with Crippen molar-refractivity contribution in [2.45, 2.75) is 19.8 Å². The minimum Gasteiger partial charge on any atom is -0.204 e. The van der Waals surface area contributed by atoms with Gasteiger partial charge in [-0.3, -0.25) is 0 Å². The lowest BCUT2D eigenvalue weighted by atomic mass is 9.98. The van der Waals surface area contributed by atoms with Crippen molar-refractivity contribution in [3.8, 4) is 0 Å². The molecule has 1 aromatic rings. The third-order valence-electron chi connectivity index (χ3n) is 2.34.